The molecule has 0 aliphatic carbocycles. The number of benzene rings is 2. The minimum Gasteiger partial charge on any atom is -0.223 e. The molecule has 0 saturated carbocycles. The van der Waals surface area contributed by atoms with Crippen molar-refractivity contribution in [1.29, 1.82) is 0 Å². The van der Waals surface area contributed by atoms with E-state index in [0.717, 1.165) is 46.9 Å². The lowest BCUT2D eigenvalue weighted by molar-refractivity contribution is 0.585. The van der Waals surface area contributed by atoms with Crippen LogP contribution in [0.5, 0.6) is 0 Å². The van der Waals surface area contributed by atoms with Gasteiger partial charge < -0.3 is 0 Å². The van der Waals surface area contributed by atoms with Crippen LogP contribution >= 0.6 is 22.7 Å². The summed E-state index contributed by atoms with van der Waals surface area (Å²) in [6, 6.07) is 6.51. The molecule has 2 aromatic carbocycles. The zero-order valence-corrected chi connectivity index (χ0v) is 13.3. The van der Waals surface area contributed by atoms with Gasteiger partial charge in [0.1, 0.15) is 33.3 Å². The maximum absolute atomic E-state index is 13.8. The highest BCUT2D eigenvalue weighted by Crippen LogP contribution is 2.38. The summed E-state index contributed by atoms with van der Waals surface area (Å²) in [7, 11) is 0. The van der Waals surface area contributed by atoms with Crippen LogP contribution in [0.2, 0.25) is 0 Å². The monoisotopic (exact) mass is 366 g/mol. The minimum absolute atomic E-state index is 0.182. The molecule has 0 atom stereocenters. The van der Waals surface area contributed by atoms with Gasteiger partial charge in [0.2, 0.25) is 0 Å². The molecule has 0 spiro atoms. The highest BCUT2D eigenvalue weighted by atomic mass is 32.1. The van der Waals surface area contributed by atoms with Crippen LogP contribution in [-0.4, -0.2) is 9.97 Å². The highest BCUT2D eigenvalue weighted by Gasteiger charge is 2.17. The largest absolute Gasteiger partial charge is 0.223 e. The van der Waals surface area contributed by atoms with Gasteiger partial charge in [-0.1, -0.05) is 22.7 Å². The Balaban J connectivity index is 1.78. The zero-order chi connectivity index (χ0) is 16.8. The summed E-state index contributed by atoms with van der Waals surface area (Å²) in [6.07, 6.45) is 0. The first-order chi connectivity index (χ1) is 11.5. The third-order valence-corrected chi connectivity index (χ3v) is 5.39. The second kappa shape index (κ2) is 5.64. The Labute approximate surface area is 141 Å². The number of halogens is 4. The molecule has 2 nitrogen and oxygen atoms in total. The average molecular weight is 366 g/mol. The molecule has 0 N–H and O–H groups in total. The summed E-state index contributed by atoms with van der Waals surface area (Å²) in [5, 5.41) is 0.736. The number of fused-ring (bicyclic) bond motifs is 1. The second-order valence-corrected chi connectivity index (χ2v) is 6.85. The molecule has 0 radical (unpaired) electrons. The molecule has 0 saturated heterocycles. The van der Waals surface area contributed by atoms with Gasteiger partial charge in [0.15, 0.2) is 9.66 Å². The molecule has 2 heterocycles. The van der Waals surface area contributed by atoms with Crippen molar-refractivity contribution < 1.29 is 17.6 Å². The Morgan fingerprint density at radius 1 is 0.625 bits per heavy atom. The van der Waals surface area contributed by atoms with Crippen molar-refractivity contribution in [2.45, 2.75) is 0 Å². The van der Waals surface area contributed by atoms with Gasteiger partial charge in [0.25, 0.3) is 0 Å². The first-order valence-electron chi connectivity index (χ1n) is 6.69. The lowest BCUT2D eigenvalue weighted by Gasteiger charge is -1.99. The van der Waals surface area contributed by atoms with Crippen molar-refractivity contribution in [1.82, 2.24) is 9.97 Å². The summed E-state index contributed by atoms with van der Waals surface area (Å²) in [5.41, 5.74) is 0.363. The van der Waals surface area contributed by atoms with Gasteiger partial charge in [-0.25, -0.2) is 27.5 Å². The van der Waals surface area contributed by atoms with Crippen molar-refractivity contribution in [2.75, 3.05) is 0 Å². The molecular formula is C16H6F4N2S2. The van der Waals surface area contributed by atoms with Gasteiger partial charge in [0.05, 0.1) is 0 Å². The third kappa shape index (κ3) is 2.57. The van der Waals surface area contributed by atoms with Crippen LogP contribution in [0.15, 0.2) is 36.4 Å². The predicted octanol–water partition coefficient (Wildman–Crippen LogP) is 5.64. The molecule has 0 fully saturated rings. The number of hydrogen-bond donors (Lipinski definition) is 0. The van der Waals surface area contributed by atoms with Crippen molar-refractivity contribution >= 4 is 32.3 Å². The van der Waals surface area contributed by atoms with E-state index < -0.39 is 23.3 Å². The van der Waals surface area contributed by atoms with Crippen molar-refractivity contribution in [3.63, 3.8) is 0 Å². The molecule has 0 aliphatic heterocycles. The molecule has 0 bridgehead atoms. The van der Waals surface area contributed by atoms with E-state index in [-0.39, 0.29) is 11.1 Å². The van der Waals surface area contributed by atoms with Crippen LogP contribution in [0.4, 0.5) is 17.6 Å². The molecule has 24 heavy (non-hydrogen) atoms. The van der Waals surface area contributed by atoms with Crippen LogP contribution in [0.25, 0.3) is 30.8 Å². The Morgan fingerprint density at radius 3 is 1.42 bits per heavy atom. The van der Waals surface area contributed by atoms with E-state index in [1.165, 1.54) is 12.1 Å². The molecule has 2 aromatic heterocycles. The molecule has 120 valence electrons. The third-order valence-electron chi connectivity index (χ3n) is 3.30. The lowest BCUT2D eigenvalue weighted by atomic mass is 10.2. The van der Waals surface area contributed by atoms with E-state index in [0.29, 0.717) is 19.7 Å². The fraction of sp³-hybridized carbons (Fsp3) is 0. The van der Waals surface area contributed by atoms with Crippen LogP contribution in [-0.2, 0) is 0 Å². The lowest BCUT2D eigenvalue weighted by Crippen LogP contribution is -1.85. The van der Waals surface area contributed by atoms with E-state index in [1.807, 2.05) is 0 Å². The van der Waals surface area contributed by atoms with E-state index >= 15 is 0 Å². The highest BCUT2D eigenvalue weighted by molar-refractivity contribution is 7.29. The van der Waals surface area contributed by atoms with Crippen LogP contribution in [0.3, 0.4) is 0 Å². The minimum atomic E-state index is -0.707. The maximum atomic E-state index is 13.8. The van der Waals surface area contributed by atoms with E-state index in [9.17, 15) is 17.6 Å². The summed E-state index contributed by atoms with van der Waals surface area (Å²) < 4.78 is 53.6. The first-order valence-corrected chi connectivity index (χ1v) is 8.33. The Kier molecular flexibility index (Phi) is 3.58. The fourth-order valence-corrected chi connectivity index (χ4v) is 4.29. The molecular weight excluding hydrogens is 360 g/mol. The van der Waals surface area contributed by atoms with Crippen molar-refractivity contribution in [3.8, 4) is 21.1 Å². The number of aromatic nitrogens is 2. The van der Waals surface area contributed by atoms with E-state index in [2.05, 4.69) is 9.97 Å². The van der Waals surface area contributed by atoms with Crippen LogP contribution in [0.1, 0.15) is 0 Å². The summed E-state index contributed by atoms with van der Waals surface area (Å²) in [6.45, 7) is 0. The standard InChI is InChI=1S/C16H6F4N2S2/c17-7-1-3-9(11(19)5-7)13-21-15-16(23-13)22-14(24-15)10-4-2-8(18)6-12(10)20/h1-6H. The number of rotatable bonds is 2. The number of thiazole rings is 2. The smallest absolute Gasteiger partial charge is 0.155 e. The van der Waals surface area contributed by atoms with Crippen molar-refractivity contribution in [2.24, 2.45) is 0 Å². The Bertz CT molecular complexity index is 959. The molecule has 0 aliphatic rings. The number of hydrogen-bond acceptors (Lipinski definition) is 4. The van der Waals surface area contributed by atoms with Gasteiger partial charge in [0, 0.05) is 23.3 Å². The topological polar surface area (TPSA) is 25.8 Å². The van der Waals surface area contributed by atoms with Crippen molar-refractivity contribution in [3.05, 3.63) is 59.7 Å². The summed E-state index contributed by atoms with van der Waals surface area (Å²) in [4.78, 5) is 9.59. The summed E-state index contributed by atoms with van der Waals surface area (Å²) in [5.74, 6) is -2.74. The van der Waals surface area contributed by atoms with Crippen LogP contribution in [0, 0.1) is 23.3 Å². The predicted molar refractivity (Wildman–Crippen MR) is 86.0 cm³/mol. The normalized spacial score (nSPS) is 11.3. The molecule has 4 rings (SSSR count). The van der Waals surface area contributed by atoms with Gasteiger partial charge in [-0.05, 0) is 24.3 Å². The SMILES string of the molecule is Fc1ccc(-c2nc3sc(-c4ccc(F)cc4F)nc3s2)c(F)c1. The maximum Gasteiger partial charge on any atom is 0.155 e. The van der Waals surface area contributed by atoms with Gasteiger partial charge in [-0.2, -0.15) is 0 Å². The first kappa shape index (κ1) is 15.2. The van der Waals surface area contributed by atoms with Gasteiger partial charge >= 0.3 is 0 Å². The number of nitrogens with zero attached hydrogens (tertiary/aromatic N) is 2. The molecule has 0 unspecified atom stereocenters. The van der Waals surface area contributed by atoms with E-state index in [1.54, 1.807) is 0 Å². The average Bonchev–Trinajstić information content (AvgIpc) is 3.05. The quantitative estimate of drug-likeness (QED) is 0.429. The van der Waals surface area contributed by atoms with Crippen LogP contribution < -0.4 is 0 Å². The fourth-order valence-electron chi connectivity index (χ4n) is 2.20. The molecule has 8 heteroatoms. The Morgan fingerprint density at radius 2 is 1.04 bits per heavy atom. The van der Waals surface area contributed by atoms with E-state index in [4.69, 9.17) is 0 Å². The summed E-state index contributed by atoms with van der Waals surface area (Å²) >= 11 is 2.25. The van der Waals surface area contributed by atoms with Gasteiger partial charge in [-0.3, -0.25) is 0 Å². The second-order valence-electron chi connectivity index (χ2n) is 4.90. The Hall–Kier alpha value is -2.32. The van der Waals surface area contributed by atoms with Gasteiger partial charge in [-0.15, -0.1) is 0 Å². The molecule has 0 amide bonds. The molecule has 4 aromatic rings. The zero-order valence-electron chi connectivity index (χ0n) is 11.7.